The summed E-state index contributed by atoms with van der Waals surface area (Å²) in [5.74, 6) is 0.0805. The van der Waals surface area contributed by atoms with E-state index < -0.39 is 5.97 Å². The molecule has 1 aliphatic rings. The third-order valence-electron chi connectivity index (χ3n) is 5.76. The van der Waals surface area contributed by atoms with Gasteiger partial charge in [0.15, 0.2) is 5.78 Å². The van der Waals surface area contributed by atoms with E-state index in [9.17, 15) is 14.4 Å². The Bertz CT molecular complexity index is 744. The maximum absolute atomic E-state index is 13.2. The molecule has 1 fully saturated rings. The van der Waals surface area contributed by atoms with Gasteiger partial charge < -0.3 is 14.2 Å². The monoisotopic (exact) mass is 390 g/mol. The minimum absolute atomic E-state index is 0.0630. The van der Waals surface area contributed by atoms with E-state index in [0.717, 1.165) is 31.4 Å². The van der Waals surface area contributed by atoms with Crippen LogP contribution in [0.15, 0.2) is 0 Å². The lowest BCUT2D eigenvalue weighted by Crippen LogP contribution is -2.42. The summed E-state index contributed by atoms with van der Waals surface area (Å²) >= 11 is 0. The lowest BCUT2D eigenvalue weighted by atomic mass is 9.84. The van der Waals surface area contributed by atoms with Crippen molar-refractivity contribution in [2.75, 3.05) is 19.7 Å². The highest BCUT2D eigenvalue weighted by atomic mass is 16.5. The molecule has 0 aromatic carbocycles. The third kappa shape index (κ3) is 4.65. The number of rotatable bonds is 9. The minimum atomic E-state index is -0.424. The number of amides is 1. The number of carbonyl (C=O) groups excluding carboxylic acids is 3. The Morgan fingerprint density at radius 3 is 2.36 bits per heavy atom. The first-order chi connectivity index (χ1) is 13.2. The Balaban J connectivity index is 2.26. The average Bonchev–Trinajstić information content (AvgIpc) is 2.79. The number of Topliss-reactive ketones (excluding diaryl/α,β-unsaturated/α-hetero) is 1. The van der Waals surface area contributed by atoms with Crippen LogP contribution in [0.3, 0.4) is 0 Å². The third-order valence-corrected chi connectivity index (χ3v) is 5.76. The second-order valence-electron chi connectivity index (χ2n) is 8.21. The van der Waals surface area contributed by atoms with Gasteiger partial charge in [-0.25, -0.2) is 4.79 Å². The Kier molecular flexibility index (Phi) is 7.44. The molecule has 0 N–H and O–H groups in total. The first-order valence-corrected chi connectivity index (χ1v) is 10.3. The summed E-state index contributed by atoms with van der Waals surface area (Å²) in [5, 5.41) is 0. The van der Waals surface area contributed by atoms with Crippen LogP contribution in [0.1, 0.15) is 78.6 Å². The summed E-state index contributed by atoms with van der Waals surface area (Å²) in [4.78, 5) is 40.0. The van der Waals surface area contributed by atoms with E-state index in [2.05, 4.69) is 13.8 Å². The molecule has 0 unspecified atom stereocenters. The topological polar surface area (TPSA) is 68.6 Å². The van der Waals surface area contributed by atoms with Gasteiger partial charge in [-0.05, 0) is 51.5 Å². The molecule has 6 nitrogen and oxygen atoms in total. The van der Waals surface area contributed by atoms with E-state index in [0.29, 0.717) is 29.3 Å². The predicted molar refractivity (Wildman–Crippen MR) is 109 cm³/mol. The molecule has 28 heavy (non-hydrogen) atoms. The highest BCUT2D eigenvalue weighted by Crippen LogP contribution is 2.29. The Labute approximate surface area is 168 Å². The van der Waals surface area contributed by atoms with Crippen LogP contribution in [-0.2, 0) is 16.6 Å². The van der Waals surface area contributed by atoms with Gasteiger partial charge >= 0.3 is 5.97 Å². The van der Waals surface area contributed by atoms with E-state index in [-0.39, 0.29) is 30.8 Å². The molecule has 0 saturated heterocycles. The van der Waals surface area contributed by atoms with Crippen LogP contribution in [0.5, 0.6) is 0 Å². The van der Waals surface area contributed by atoms with Gasteiger partial charge in [0.2, 0.25) is 5.91 Å². The van der Waals surface area contributed by atoms with E-state index in [1.165, 1.54) is 0 Å². The number of hydrogen-bond acceptors (Lipinski definition) is 4. The quantitative estimate of drug-likeness (QED) is 0.476. The maximum atomic E-state index is 13.2. The van der Waals surface area contributed by atoms with Gasteiger partial charge in [-0.3, -0.25) is 9.59 Å². The normalized spacial score (nSPS) is 14.1. The lowest BCUT2D eigenvalue weighted by Gasteiger charge is -2.31. The fourth-order valence-electron chi connectivity index (χ4n) is 3.72. The minimum Gasteiger partial charge on any atom is -0.461 e. The van der Waals surface area contributed by atoms with Crippen LogP contribution in [0.25, 0.3) is 0 Å². The molecule has 156 valence electrons. The van der Waals surface area contributed by atoms with Crippen molar-refractivity contribution in [3.63, 3.8) is 0 Å². The number of hydrogen-bond donors (Lipinski definition) is 0. The molecule has 1 aliphatic carbocycles. The summed E-state index contributed by atoms with van der Waals surface area (Å²) in [6, 6.07) is 0. The SMILES string of the molecule is CCOC(=O)c1c(C)c(C(=O)CN(CCC(C)C)C(=O)C2CCC2)c(C)n1C. The second kappa shape index (κ2) is 9.39. The first kappa shape index (κ1) is 22.2. The number of ether oxygens (including phenoxy) is 1. The molecular weight excluding hydrogens is 356 g/mol. The molecule has 0 bridgehead atoms. The van der Waals surface area contributed by atoms with Gasteiger partial charge in [0.1, 0.15) is 5.69 Å². The van der Waals surface area contributed by atoms with Crippen LogP contribution in [-0.4, -0.2) is 46.8 Å². The van der Waals surface area contributed by atoms with E-state index in [1.54, 1.807) is 30.4 Å². The standard InChI is InChI=1S/C22H34N2O4/c1-7-28-22(27)20-15(4)19(16(5)23(20)6)18(25)13-24(12-11-14(2)3)21(26)17-9-8-10-17/h14,17H,7-13H2,1-6H3. The lowest BCUT2D eigenvalue weighted by molar-refractivity contribution is -0.137. The zero-order chi connectivity index (χ0) is 21.0. The summed E-state index contributed by atoms with van der Waals surface area (Å²) in [6.45, 7) is 10.5. The van der Waals surface area contributed by atoms with Gasteiger partial charge in [-0.2, -0.15) is 0 Å². The number of carbonyl (C=O) groups is 3. The van der Waals surface area contributed by atoms with E-state index >= 15 is 0 Å². The number of aromatic nitrogens is 1. The molecule has 0 spiro atoms. The summed E-state index contributed by atoms with van der Waals surface area (Å²) in [7, 11) is 1.77. The summed E-state index contributed by atoms with van der Waals surface area (Å²) in [6.07, 6.45) is 3.79. The highest BCUT2D eigenvalue weighted by Gasteiger charge is 2.32. The van der Waals surface area contributed by atoms with Crippen molar-refractivity contribution < 1.29 is 19.1 Å². The van der Waals surface area contributed by atoms with Crippen molar-refractivity contribution in [3.05, 3.63) is 22.5 Å². The maximum Gasteiger partial charge on any atom is 0.355 e. The predicted octanol–water partition coefficient (Wildman–Crippen LogP) is 3.68. The van der Waals surface area contributed by atoms with Crippen LogP contribution in [0, 0.1) is 25.7 Å². The molecule has 6 heteroatoms. The first-order valence-electron chi connectivity index (χ1n) is 10.3. The zero-order valence-electron chi connectivity index (χ0n) is 18.1. The van der Waals surface area contributed by atoms with Crippen LogP contribution >= 0.6 is 0 Å². The van der Waals surface area contributed by atoms with Gasteiger partial charge in [0.05, 0.1) is 13.2 Å². The smallest absolute Gasteiger partial charge is 0.355 e. The van der Waals surface area contributed by atoms with Gasteiger partial charge in [-0.15, -0.1) is 0 Å². The van der Waals surface area contributed by atoms with Crippen molar-refractivity contribution in [2.24, 2.45) is 18.9 Å². The van der Waals surface area contributed by atoms with Crippen LogP contribution in [0.4, 0.5) is 0 Å². The number of esters is 1. The van der Waals surface area contributed by atoms with Crippen molar-refractivity contribution in [1.82, 2.24) is 9.47 Å². The Morgan fingerprint density at radius 1 is 1.21 bits per heavy atom. The molecule has 1 aromatic rings. The Morgan fingerprint density at radius 2 is 1.86 bits per heavy atom. The molecule has 0 atom stereocenters. The fourth-order valence-corrected chi connectivity index (χ4v) is 3.72. The zero-order valence-corrected chi connectivity index (χ0v) is 18.1. The van der Waals surface area contributed by atoms with Gasteiger partial charge in [0, 0.05) is 30.8 Å². The van der Waals surface area contributed by atoms with E-state index in [4.69, 9.17) is 4.74 Å². The fraction of sp³-hybridized carbons (Fsp3) is 0.682. The van der Waals surface area contributed by atoms with Crippen molar-refractivity contribution in [3.8, 4) is 0 Å². The molecule has 1 heterocycles. The Hall–Kier alpha value is -2.11. The van der Waals surface area contributed by atoms with Crippen molar-refractivity contribution >= 4 is 17.7 Å². The molecule has 1 amide bonds. The van der Waals surface area contributed by atoms with Crippen molar-refractivity contribution in [2.45, 2.75) is 60.3 Å². The van der Waals surface area contributed by atoms with Crippen molar-refractivity contribution in [1.29, 1.82) is 0 Å². The average molecular weight is 391 g/mol. The van der Waals surface area contributed by atoms with Gasteiger partial charge in [-0.1, -0.05) is 20.3 Å². The summed E-state index contributed by atoms with van der Waals surface area (Å²) < 4.78 is 6.85. The second-order valence-corrected chi connectivity index (χ2v) is 8.21. The molecule has 1 aromatic heterocycles. The summed E-state index contributed by atoms with van der Waals surface area (Å²) in [5.41, 5.74) is 2.29. The highest BCUT2D eigenvalue weighted by molar-refractivity contribution is 6.04. The molecule has 0 aliphatic heterocycles. The van der Waals surface area contributed by atoms with Crippen LogP contribution < -0.4 is 0 Å². The van der Waals surface area contributed by atoms with Crippen LogP contribution in [0.2, 0.25) is 0 Å². The largest absolute Gasteiger partial charge is 0.461 e. The molecule has 1 saturated carbocycles. The number of ketones is 1. The molecule has 0 radical (unpaired) electrons. The molecular formula is C22H34N2O4. The van der Waals surface area contributed by atoms with Gasteiger partial charge in [0.25, 0.3) is 0 Å². The van der Waals surface area contributed by atoms with E-state index in [1.807, 2.05) is 6.92 Å². The number of nitrogens with zero attached hydrogens (tertiary/aromatic N) is 2. The molecule has 2 rings (SSSR count).